The van der Waals surface area contributed by atoms with Gasteiger partial charge in [0.2, 0.25) is 5.91 Å². The molecule has 0 fully saturated rings. The van der Waals surface area contributed by atoms with Crippen LogP contribution in [0.15, 0.2) is 48.5 Å². The number of nitrogens with one attached hydrogen (secondary N) is 3. The molecule has 0 spiro atoms. The third-order valence-electron chi connectivity index (χ3n) is 4.61. The Bertz CT molecular complexity index is 880. The van der Waals surface area contributed by atoms with Crippen molar-refractivity contribution in [2.45, 2.75) is 45.6 Å². The molecule has 0 aliphatic rings. The Labute approximate surface area is 170 Å². The average molecular weight is 397 g/mol. The van der Waals surface area contributed by atoms with Gasteiger partial charge in [-0.2, -0.15) is 0 Å². The number of para-hydroxylation sites is 1. The number of urea groups is 1. The van der Waals surface area contributed by atoms with Crippen LogP contribution in [0.3, 0.4) is 0 Å². The molecule has 0 radical (unpaired) electrons. The molecule has 0 aromatic heterocycles. The van der Waals surface area contributed by atoms with Crippen LogP contribution in [0, 0.1) is 6.92 Å². The van der Waals surface area contributed by atoms with Crippen LogP contribution in [0.4, 0.5) is 16.2 Å². The maximum Gasteiger partial charge on any atom is 0.329 e. The van der Waals surface area contributed by atoms with Gasteiger partial charge in [0.15, 0.2) is 0 Å². The second-order valence-electron chi connectivity index (χ2n) is 7.20. The second-order valence-corrected chi connectivity index (χ2v) is 7.20. The zero-order chi connectivity index (χ0) is 21.4. The quantitative estimate of drug-likeness (QED) is 0.541. The largest absolute Gasteiger partial charge is 0.480 e. The number of carbonyl (C=O) groups excluding carboxylic acids is 2. The average Bonchev–Trinajstić information content (AvgIpc) is 2.65. The fraction of sp³-hybridized carbons (Fsp3) is 0.318. The zero-order valence-electron chi connectivity index (χ0n) is 16.9. The number of aliphatic carboxylic acids is 1. The Balaban J connectivity index is 1.92. The van der Waals surface area contributed by atoms with Crippen molar-refractivity contribution in [3.05, 3.63) is 59.7 Å². The number of carboxylic acids is 1. The van der Waals surface area contributed by atoms with Gasteiger partial charge in [-0.1, -0.05) is 43.7 Å². The maximum absolute atomic E-state index is 12.3. The van der Waals surface area contributed by atoms with Crippen LogP contribution in [-0.2, 0) is 16.0 Å². The first-order chi connectivity index (χ1) is 13.7. The number of hydrogen-bond acceptors (Lipinski definition) is 3. The molecule has 0 aliphatic carbocycles. The van der Waals surface area contributed by atoms with Crippen LogP contribution < -0.4 is 16.0 Å². The highest BCUT2D eigenvalue weighted by molar-refractivity contribution is 6.00. The topological polar surface area (TPSA) is 108 Å². The van der Waals surface area contributed by atoms with Crippen LogP contribution in [0.2, 0.25) is 0 Å². The van der Waals surface area contributed by atoms with Gasteiger partial charge in [-0.15, -0.1) is 0 Å². The third-order valence-corrected chi connectivity index (χ3v) is 4.61. The van der Waals surface area contributed by atoms with Gasteiger partial charge in [-0.25, -0.2) is 9.59 Å². The molecule has 154 valence electrons. The van der Waals surface area contributed by atoms with Crippen molar-refractivity contribution in [1.82, 2.24) is 5.32 Å². The number of rotatable bonds is 8. The summed E-state index contributed by atoms with van der Waals surface area (Å²) in [6.45, 7) is 5.29. The van der Waals surface area contributed by atoms with Crippen molar-refractivity contribution >= 4 is 29.3 Å². The second kappa shape index (κ2) is 9.73. The summed E-state index contributed by atoms with van der Waals surface area (Å²) in [6.07, 6.45) is 1.06. The van der Waals surface area contributed by atoms with Crippen molar-refractivity contribution < 1.29 is 19.5 Å². The molecule has 2 aromatic rings. The molecule has 2 aromatic carbocycles. The summed E-state index contributed by atoms with van der Waals surface area (Å²) < 4.78 is 0. The van der Waals surface area contributed by atoms with Crippen molar-refractivity contribution in [2.75, 3.05) is 10.6 Å². The molecule has 0 saturated heterocycles. The van der Waals surface area contributed by atoms with Crippen molar-refractivity contribution in [1.29, 1.82) is 0 Å². The first-order valence-corrected chi connectivity index (χ1v) is 9.50. The Hall–Kier alpha value is -3.35. The van der Waals surface area contributed by atoms with Gasteiger partial charge in [0.1, 0.15) is 5.54 Å². The number of aryl methyl sites for hydroxylation is 1. The highest BCUT2D eigenvalue weighted by atomic mass is 16.4. The van der Waals surface area contributed by atoms with Gasteiger partial charge in [0.05, 0.1) is 6.42 Å². The predicted octanol–water partition coefficient (Wildman–Crippen LogP) is 3.94. The molecule has 7 nitrogen and oxygen atoms in total. The Kier molecular flexibility index (Phi) is 7.36. The van der Waals surface area contributed by atoms with E-state index in [-0.39, 0.29) is 18.4 Å². The molecular formula is C22H27N3O4. The summed E-state index contributed by atoms with van der Waals surface area (Å²) >= 11 is 0. The third kappa shape index (κ3) is 6.34. The lowest BCUT2D eigenvalue weighted by Crippen LogP contribution is -2.52. The normalized spacial score (nSPS) is 12.5. The zero-order valence-corrected chi connectivity index (χ0v) is 16.9. The maximum atomic E-state index is 12.3. The molecule has 29 heavy (non-hydrogen) atoms. The monoisotopic (exact) mass is 397 g/mol. The summed E-state index contributed by atoms with van der Waals surface area (Å²) in [7, 11) is 0. The van der Waals surface area contributed by atoms with Gasteiger partial charge < -0.3 is 21.1 Å². The lowest BCUT2D eigenvalue weighted by atomic mass is 9.96. The molecule has 0 bridgehead atoms. The smallest absolute Gasteiger partial charge is 0.329 e. The summed E-state index contributed by atoms with van der Waals surface area (Å²) in [4.78, 5) is 35.8. The number of anilines is 2. The van der Waals surface area contributed by atoms with Crippen LogP contribution in [0.1, 0.15) is 37.8 Å². The molecule has 7 heteroatoms. The first-order valence-electron chi connectivity index (χ1n) is 9.50. The van der Waals surface area contributed by atoms with Crippen molar-refractivity contribution in [2.24, 2.45) is 0 Å². The molecule has 0 aliphatic heterocycles. The summed E-state index contributed by atoms with van der Waals surface area (Å²) in [5.41, 5.74) is 1.71. The lowest BCUT2D eigenvalue weighted by Gasteiger charge is -2.25. The minimum Gasteiger partial charge on any atom is -0.480 e. The number of carboxylic acid groups (broad SMARTS) is 1. The van der Waals surface area contributed by atoms with E-state index in [1.54, 1.807) is 24.3 Å². The Morgan fingerprint density at radius 3 is 2.24 bits per heavy atom. The fourth-order valence-corrected chi connectivity index (χ4v) is 2.96. The van der Waals surface area contributed by atoms with E-state index >= 15 is 0 Å². The van der Waals surface area contributed by atoms with Crippen LogP contribution in [-0.4, -0.2) is 28.6 Å². The molecule has 4 N–H and O–H groups in total. The van der Waals surface area contributed by atoms with E-state index in [0.717, 1.165) is 16.8 Å². The van der Waals surface area contributed by atoms with E-state index in [0.29, 0.717) is 18.5 Å². The van der Waals surface area contributed by atoms with Crippen LogP contribution >= 0.6 is 0 Å². The fourth-order valence-electron chi connectivity index (χ4n) is 2.96. The summed E-state index contributed by atoms with van der Waals surface area (Å²) in [5.74, 6) is -1.41. The summed E-state index contributed by atoms with van der Waals surface area (Å²) in [6, 6.07) is 14.0. The molecule has 1 atom stereocenters. The molecule has 3 amide bonds. The molecular weight excluding hydrogens is 370 g/mol. The molecule has 2 rings (SSSR count). The minimum atomic E-state index is -1.28. The van der Waals surface area contributed by atoms with E-state index < -0.39 is 11.5 Å². The van der Waals surface area contributed by atoms with Crippen LogP contribution in [0.5, 0.6) is 0 Å². The van der Waals surface area contributed by atoms with Gasteiger partial charge in [0.25, 0.3) is 0 Å². The van der Waals surface area contributed by atoms with Gasteiger partial charge >= 0.3 is 12.0 Å². The highest BCUT2D eigenvalue weighted by Crippen LogP contribution is 2.16. The van der Waals surface area contributed by atoms with Crippen molar-refractivity contribution in [3.8, 4) is 0 Å². The van der Waals surface area contributed by atoms with E-state index in [2.05, 4.69) is 16.0 Å². The SMILES string of the molecule is CCCC(C)(NC(=O)Cc1ccc(NC(=O)Nc2ccccc2C)cc1)C(=O)O. The lowest BCUT2D eigenvalue weighted by molar-refractivity contribution is -0.147. The Morgan fingerprint density at radius 2 is 1.66 bits per heavy atom. The van der Waals surface area contributed by atoms with Gasteiger partial charge in [0, 0.05) is 11.4 Å². The van der Waals surface area contributed by atoms with Gasteiger partial charge in [-0.3, -0.25) is 4.79 Å². The molecule has 0 heterocycles. The minimum absolute atomic E-state index is 0.0578. The highest BCUT2D eigenvalue weighted by Gasteiger charge is 2.33. The number of hydrogen-bond donors (Lipinski definition) is 4. The van der Waals surface area contributed by atoms with E-state index in [9.17, 15) is 19.5 Å². The number of amides is 3. The van der Waals surface area contributed by atoms with Gasteiger partial charge in [-0.05, 0) is 49.6 Å². The van der Waals surface area contributed by atoms with Crippen LogP contribution in [0.25, 0.3) is 0 Å². The van der Waals surface area contributed by atoms with Crippen molar-refractivity contribution in [3.63, 3.8) is 0 Å². The number of carbonyl (C=O) groups is 3. The standard InChI is InChI=1S/C22H27N3O4/c1-4-13-22(3,20(27)28)25-19(26)14-16-9-11-17(12-10-16)23-21(29)24-18-8-6-5-7-15(18)2/h5-12H,4,13-14H2,1-3H3,(H,25,26)(H,27,28)(H2,23,24,29). The predicted molar refractivity (Wildman–Crippen MR) is 113 cm³/mol. The molecule has 0 saturated carbocycles. The number of benzene rings is 2. The van der Waals surface area contributed by atoms with E-state index in [1.807, 2.05) is 38.1 Å². The summed E-state index contributed by atoms with van der Waals surface area (Å²) in [5, 5.41) is 17.5. The first kappa shape index (κ1) is 21.9. The molecule has 1 unspecified atom stereocenters. The van der Waals surface area contributed by atoms with E-state index in [1.165, 1.54) is 6.92 Å². The Morgan fingerprint density at radius 1 is 1.00 bits per heavy atom. The van der Waals surface area contributed by atoms with E-state index in [4.69, 9.17) is 0 Å².